The van der Waals surface area contributed by atoms with Crippen LogP contribution in [0.2, 0.25) is 0 Å². The van der Waals surface area contributed by atoms with Gasteiger partial charge >= 0.3 is 0 Å². The van der Waals surface area contributed by atoms with Crippen LogP contribution in [0.1, 0.15) is 39.2 Å². The molecular weight excluding hydrogens is 472 g/mol. The molecule has 0 aromatic heterocycles. The third-order valence-electron chi connectivity index (χ3n) is 5.73. The van der Waals surface area contributed by atoms with Gasteiger partial charge in [-0.25, -0.2) is 17.4 Å². The zero-order valence-electron chi connectivity index (χ0n) is 20.1. The van der Waals surface area contributed by atoms with E-state index in [0.29, 0.717) is 24.3 Å². The summed E-state index contributed by atoms with van der Waals surface area (Å²) in [5.41, 5.74) is 2.09. The summed E-state index contributed by atoms with van der Waals surface area (Å²) in [6, 6.07) is 11.6. The number of nitrogens with zero attached hydrogens (tertiary/aromatic N) is 1. The largest absolute Gasteiger partial charge is 0.381 e. The van der Waals surface area contributed by atoms with E-state index >= 15 is 0 Å². The van der Waals surface area contributed by atoms with Gasteiger partial charge < -0.3 is 10.6 Å². The fourth-order valence-corrected chi connectivity index (χ4v) is 6.56. The predicted molar refractivity (Wildman–Crippen MR) is 136 cm³/mol. The maximum absolute atomic E-state index is 13.7. The van der Waals surface area contributed by atoms with Crippen LogP contribution < -0.4 is 14.9 Å². The van der Waals surface area contributed by atoms with E-state index in [9.17, 15) is 17.4 Å². The topological polar surface area (TPSA) is 119 Å². The Morgan fingerprint density at radius 3 is 2.38 bits per heavy atom. The van der Waals surface area contributed by atoms with Crippen LogP contribution in [0.25, 0.3) is 0 Å². The number of aryl methyl sites for hydroxylation is 1. The normalized spacial score (nSPS) is 18.3. The van der Waals surface area contributed by atoms with Crippen molar-refractivity contribution in [3.8, 4) is 0 Å². The zero-order chi connectivity index (χ0) is 25.1. The van der Waals surface area contributed by atoms with Crippen molar-refractivity contribution in [3.63, 3.8) is 0 Å². The van der Waals surface area contributed by atoms with Gasteiger partial charge in [0.05, 0.1) is 30.9 Å². The third-order valence-corrected chi connectivity index (χ3v) is 8.70. The molecule has 10 heteroatoms. The number of anilines is 2. The molecule has 1 aliphatic heterocycles. The lowest BCUT2D eigenvalue weighted by molar-refractivity contribution is -0.122. The van der Waals surface area contributed by atoms with Crippen LogP contribution >= 0.6 is 0 Å². The van der Waals surface area contributed by atoms with Gasteiger partial charge in [0.2, 0.25) is 5.91 Å². The van der Waals surface area contributed by atoms with Crippen molar-refractivity contribution in [2.24, 2.45) is 5.92 Å². The summed E-state index contributed by atoms with van der Waals surface area (Å²) in [6.45, 7) is 6.75. The van der Waals surface area contributed by atoms with Crippen LogP contribution in [0.15, 0.2) is 52.3 Å². The maximum atomic E-state index is 13.7. The summed E-state index contributed by atoms with van der Waals surface area (Å²) in [4.78, 5) is 11.8. The Labute approximate surface area is 203 Å². The molecule has 1 aliphatic rings. The lowest BCUT2D eigenvalue weighted by Gasteiger charge is -2.28. The van der Waals surface area contributed by atoms with Crippen LogP contribution in [0.4, 0.5) is 11.4 Å². The molecule has 2 atom stereocenters. The number of sulfonamides is 1. The molecule has 0 saturated carbocycles. The number of amides is 1. The summed E-state index contributed by atoms with van der Waals surface area (Å²) >= 11 is 0. The van der Waals surface area contributed by atoms with Gasteiger partial charge in [0, 0.05) is 31.8 Å². The van der Waals surface area contributed by atoms with Crippen molar-refractivity contribution in [3.05, 3.63) is 48.0 Å². The molecule has 1 fully saturated rings. The summed E-state index contributed by atoms with van der Waals surface area (Å²) in [7, 11) is -7.23. The molecule has 0 aliphatic carbocycles. The summed E-state index contributed by atoms with van der Waals surface area (Å²) in [6.07, 6.45) is 3.07. The van der Waals surface area contributed by atoms with Crippen molar-refractivity contribution in [1.29, 1.82) is 4.78 Å². The molecule has 0 spiro atoms. The molecule has 0 radical (unpaired) electrons. The molecule has 8 nitrogen and oxygen atoms in total. The highest BCUT2D eigenvalue weighted by molar-refractivity contribution is 7.93. The van der Waals surface area contributed by atoms with E-state index in [2.05, 4.69) is 10.6 Å². The Balaban J connectivity index is 2.03. The minimum atomic E-state index is -3.98. The zero-order valence-corrected chi connectivity index (χ0v) is 21.8. The number of hydrogen-bond acceptors (Lipinski definition) is 6. The number of carbonyl (C=O) groups is 1. The smallest absolute Gasteiger partial charge is 0.264 e. The van der Waals surface area contributed by atoms with Gasteiger partial charge in [0.1, 0.15) is 0 Å². The Morgan fingerprint density at radius 1 is 1.15 bits per heavy atom. The van der Waals surface area contributed by atoms with E-state index in [4.69, 9.17) is 4.78 Å². The molecule has 1 amide bonds. The Kier molecular flexibility index (Phi) is 7.92. The first-order valence-electron chi connectivity index (χ1n) is 11.4. The number of rotatable bonds is 9. The fraction of sp³-hybridized carbons (Fsp3) is 0.458. The molecule has 186 valence electrons. The minimum Gasteiger partial charge on any atom is -0.381 e. The number of benzene rings is 2. The van der Waals surface area contributed by atoms with Crippen molar-refractivity contribution >= 4 is 37.0 Å². The molecule has 3 rings (SSSR count). The monoisotopic (exact) mass is 506 g/mol. The minimum absolute atomic E-state index is 0.0171. The highest BCUT2D eigenvalue weighted by Crippen LogP contribution is 2.31. The molecule has 1 saturated heterocycles. The average molecular weight is 507 g/mol. The fourth-order valence-electron chi connectivity index (χ4n) is 3.93. The number of piperidine rings is 1. The van der Waals surface area contributed by atoms with Gasteiger partial charge in [-0.2, -0.15) is 0 Å². The second-order valence-corrected chi connectivity index (χ2v) is 13.1. The standard InChI is InChI=1S/C24H34N4O4S2/c1-5-18-6-8-20(9-7-18)28(16-17(2)3)34(31,32)21-10-11-22(23(15-21)33(4,25)30)27-19-12-13-26-24(29)14-19/h6-11,15,17,19,25,27H,5,12-14,16H2,1-4H3,(H,26,29). The molecular formula is C24H34N4O4S2. The van der Waals surface area contributed by atoms with E-state index < -0.39 is 19.8 Å². The van der Waals surface area contributed by atoms with Crippen molar-refractivity contribution in [1.82, 2.24) is 5.32 Å². The van der Waals surface area contributed by atoms with Crippen LogP contribution in [0.3, 0.4) is 0 Å². The van der Waals surface area contributed by atoms with Crippen molar-refractivity contribution in [2.45, 2.75) is 55.9 Å². The van der Waals surface area contributed by atoms with Gasteiger partial charge in [0.15, 0.2) is 0 Å². The molecule has 0 bridgehead atoms. The third kappa shape index (κ3) is 6.09. The van der Waals surface area contributed by atoms with Gasteiger partial charge in [-0.05, 0) is 54.7 Å². The quantitative estimate of drug-likeness (QED) is 0.478. The van der Waals surface area contributed by atoms with Crippen molar-refractivity contribution in [2.75, 3.05) is 29.0 Å². The highest BCUT2D eigenvalue weighted by atomic mass is 32.2. The van der Waals surface area contributed by atoms with Crippen LogP contribution in [-0.4, -0.2) is 43.9 Å². The number of nitrogens with one attached hydrogen (secondary N) is 3. The van der Waals surface area contributed by atoms with Crippen LogP contribution in [0, 0.1) is 10.7 Å². The number of hydrogen-bond donors (Lipinski definition) is 3. The molecule has 34 heavy (non-hydrogen) atoms. The summed E-state index contributed by atoms with van der Waals surface area (Å²) < 4.78 is 49.9. The predicted octanol–water partition coefficient (Wildman–Crippen LogP) is 3.83. The van der Waals surface area contributed by atoms with E-state index in [1.165, 1.54) is 22.7 Å². The van der Waals surface area contributed by atoms with Crippen molar-refractivity contribution < 1.29 is 17.4 Å². The van der Waals surface area contributed by atoms with Crippen LogP contribution in [0.5, 0.6) is 0 Å². The Morgan fingerprint density at radius 2 is 1.82 bits per heavy atom. The van der Waals surface area contributed by atoms with E-state index in [1.807, 2.05) is 32.9 Å². The van der Waals surface area contributed by atoms with E-state index in [1.54, 1.807) is 18.2 Å². The molecule has 2 unspecified atom stereocenters. The lowest BCUT2D eigenvalue weighted by Crippen LogP contribution is -2.39. The molecule has 2 aromatic carbocycles. The molecule has 1 heterocycles. The van der Waals surface area contributed by atoms with Gasteiger partial charge in [-0.15, -0.1) is 0 Å². The van der Waals surface area contributed by atoms with Gasteiger partial charge in [-0.1, -0.05) is 32.9 Å². The maximum Gasteiger partial charge on any atom is 0.264 e. The summed E-state index contributed by atoms with van der Waals surface area (Å²) in [5.74, 6) is -0.00363. The second-order valence-electron chi connectivity index (χ2n) is 9.14. The second kappa shape index (κ2) is 10.4. The van der Waals surface area contributed by atoms with E-state index in [-0.39, 0.29) is 40.6 Å². The highest BCUT2D eigenvalue weighted by Gasteiger charge is 2.28. The first kappa shape index (κ1) is 26.0. The SMILES string of the molecule is CCc1ccc(N(CC(C)C)S(=O)(=O)c2ccc(NC3CCNC(=O)C3)c(S(C)(=N)=O)c2)cc1. The first-order chi connectivity index (χ1) is 15.9. The van der Waals surface area contributed by atoms with E-state index in [0.717, 1.165) is 12.0 Å². The first-order valence-corrected chi connectivity index (χ1v) is 14.8. The molecule has 3 N–H and O–H groups in total. The summed E-state index contributed by atoms with van der Waals surface area (Å²) in [5, 5.41) is 5.97. The van der Waals surface area contributed by atoms with Crippen LogP contribution in [-0.2, 0) is 31.0 Å². The van der Waals surface area contributed by atoms with Gasteiger partial charge in [-0.3, -0.25) is 9.10 Å². The number of carbonyl (C=O) groups excluding carboxylic acids is 1. The Bertz CT molecular complexity index is 1240. The molecule has 2 aromatic rings. The Hall–Kier alpha value is -2.59. The average Bonchev–Trinajstić information content (AvgIpc) is 2.77. The van der Waals surface area contributed by atoms with Gasteiger partial charge in [0.25, 0.3) is 10.0 Å². The lowest BCUT2D eigenvalue weighted by atomic mass is 10.1.